The molecule has 0 bridgehead atoms. The molecule has 1 saturated carbocycles. The van der Waals surface area contributed by atoms with E-state index < -0.39 is 11.6 Å². The fourth-order valence-electron chi connectivity index (χ4n) is 1.40. The fraction of sp³-hybridized carbons (Fsp3) is 0.857. The number of methoxy groups -OCH3 is 2. The van der Waals surface area contributed by atoms with Crippen molar-refractivity contribution in [1.82, 2.24) is 0 Å². The fourth-order valence-corrected chi connectivity index (χ4v) is 1.40. The monoisotopic (exact) mass is 160 g/mol. The van der Waals surface area contributed by atoms with E-state index in [1.807, 2.05) is 0 Å². The predicted molar refractivity (Wildman–Crippen MR) is 37.4 cm³/mol. The van der Waals surface area contributed by atoms with Gasteiger partial charge in [-0.2, -0.15) is 0 Å². The first-order valence-corrected chi connectivity index (χ1v) is 3.48. The molecule has 1 aliphatic rings. The van der Waals surface area contributed by atoms with Crippen molar-refractivity contribution in [3.63, 3.8) is 0 Å². The van der Waals surface area contributed by atoms with Crippen LogP contribution in [0, 0.1) is 0 Å². The third-order valence-electron chi connectivity index (χ3n) is 2.31. The molecule has 0 aliphatic heterocycles. The van der Waals surface area contributed by atoms with Gasteiger partial charge in [-0.3, -0.25) is 0 Å². The first-order chi connectivity index (χ1) is 5.17. The molecule has 0 saturated heterocycles. The molecule has 64 valence electrons. The summed E-state index contributed by atoms with van der Waals surface area (Å²) in [6.45, 7) is 0. The Balaban J connectivity index is 2.69. The van der Waals surface area contributed by atoms with Crippen LogP contribution in [0.3, 0.4) is 0 Å². The molecule has 0 heterocycles. The minimum Gasteiger partial charge on any atom is -0.479 e. The second-order valence-corrected chi connectivity index (χ2v) is 2.66. The second kappa shape index (κ2) is 2.79. The molecular formula is C7H12O4. The maximum Gasteiger partial charge on any atom is 0.338 e. The molecule has 11 heavy (non-hydrogen) atoms. The van der Waals surface area contributed by atoms with Crippen LogP contribution in [0.4, 0.5) is 0 Å². The molecule has 2 atom stereocenters. The zero-order chi connectivity index (χ0) is 8.48. The number of hydrogen-bond donors (Lipinski definition) is 1. The molecule has 0 radical (unpaired) electrons. The largest absolute Gasteiger partial charge is 0.479 e. The van der Waals surface area contributed by atoms with Crippen LogP contribution in [-0.4, -0.2) is 37.0 Å². The molecule has 1 aliphatic carbocycles. The van der Waals surface area contributed by atoms with Crippen LogP contribution in [0.2, 0.25) is 0 Å². The number of carboxylic acid groups (broad SMARTS) is 1. The van der Waals surface area contributed by atoms with Gasteiger partial charge in [0.2, 0.25) is 0 Å². The summed E-state index contributed by atoms with van der Waals surface area (Å²) in [6, 6.07) is 0. The van der Waals surface area contributed by atoms with Gasteiger partial charge in [-0.25, -0.2) is 4.79 Å². The minimum absolute atomic E-state index is 0.287. The second-order valence-electron chi connectivity index (χ2n) is 2.66. The Kier molecular flexibility index (Phi) is 2.15. The van der Waals surface area contributed by atoms with Crippen molar-refractivity contribution in [1.29, 1.82) is 0 Å². The summed E-state index contributed by atoms with van der Waals surface area (Å²) in [5.41, 5.74) is -1.07. The maximum absolute atomic E-state index is 10.7. The van der Waals surface area contributed by atoms with Crippen LogP contribution in [-0.2, 0) is 14.3 Å². The standard InChI is InChI=1S/C7H12O4/c1-10-5-3-4-7(5,11-2)6(8)9/h5H,3-4H2,1-2H3,(H,8,9)/t5?,7-/m0/s1. The van der Waals surface area contributed by atoms with Gasteiger partial charge in [0.15, 0.2) is 5.60 Å². The van der Waals surface area contributed by atoms with Crippen molar-refractivity contribution in [2.24, 2.45) is 0 Å². The number of carbonyl (C=O) groups is 1. The van der Waals surface area contributed by atoms with Gasteiger partial charge in [-0.05, 0) is 12.8 Å². The van der Waals surface area contributed by atoms with Crippen LogP contribution < -0.4 is 0 Å². The zero-order valence-electron chi connectivity index (χ0n) is 6.66. The Morgan fingerprint density at radius 3 is 2.36 bits per heavy atom. The van der Waals surface area contributed by atoms with Gasteiger partial charge in [-0.15, -0.1) is 0 Å². The molecule has 0 aromatic heterocycles. The summed E-state index contributed by atoms with van der Waals surface area (Å²) in [6.07, 6.45) is 1.01. The number of aliphatic carboxylic acids is 1. The number of rotatable bonds is 3. The molecule has 0 amide bonds. The SMILES string of the molecule is COC1CC[C@@]1(OC)C(=O)O. The van der Waals surface area contributed by atoms with E-state index in [9.17, 15) is 4.79 Å². The van der Waals surface area contributed by atoms with Gasteiger partial charge in [-0.1, -0.05) is 0 Å². The molecule has 0 aromatic rings. The highest BCUT2D eigenvalue weighted by atomic mass is 16.6. The first kappa shape index (κ1) is 8.49. The Bertz CT molecular complexity index is 162. The first-order valence-electron chi connectivity index (χ1n) is 3.48. The molecule has 1 unspecified atom stereocenters. The van der Waals surface area contributed by atoms with Crippen molar-refractivity contribution in [3.05, 3.63) is 0 Å². The van der Waals surface area contributed by atoms with Gasteiger partial charge in [0.1, 0.15) is 0 Å². The van der Waals surface area contributed by atoms with Crippen molar-refractivity contribution in [3.8, 4) is 0 Å². The summed E-state index contributed by atoms with van der Waals surface area (Å²) in [5, 5.41) is 8.78. The smallest absolute Gasteiger partial charge is 0.338 e. The Labute approximate surface area is 65.1 Å². The lowest BCUT2D eigenvalue weighted by atomic mass is 9.76. The lowest BCUT2D eigenvalue weighted by Gasteiger charge is -2.43. The van der Waals surface area contributed by atoms with Gasteiger partial charge >= 0.3 is 5.97 Å². The topological polar surface area (TPSA) is 55.8 Å². The van der Waals surface area contributed by atoms with E-state index in [0.717, 1.165) is 6.42 Å². The average molecular weight is 160 g/mol. The third-order valence-corrected chi connectivity index (χ3v) is 2.31. The predicted octanol–water partition coefficient (Wildman–Crippen LogP) is 0.265. The summed E-state index contributed by atoms with van der Waals surface area (Å²) in [4.78, 5) is 10.7. The summed E-state index contributed by atoms with van der Waals surface area (Å²) < 4.78 is 9.86. The summed E-state index contributed by atoms with van der Waals surface area (Å²) in [5.74, 6) is -0.932. The summed E-state index contributed by atoms with van der Waals surface area (Å²) >= 11 is 0. The molecule has 0 aromatic carbocycles. The van der Waals surface area contributed by atoms with Crippen LogP contribution in [0.5, 0.6) is 0 Å². The number of ether oxygens (including phenoxy) is 2. The van der Waals surface area contributed by atoms with Crippen molar-refractivity contribution >= 4 is 5.97 Å². The van der Waals surface area contributed by atoms with Gasteiger partial charge in [0, 0.05) is 14.2 Å². The molecule has 1 rings (SSSR count). The van der Waals surface area contributed by atoms with E-state index >= 15 is 0 Å². The number of carboxylic acids is 1. The highest BCUT2D eigenvalue weighted by molar-refractivity contribution is 5.79. The summed E-state index contributed by atoms with van der Waals surface area (Å²) in [7, 11) is 2.90. The van der Waals surface area contributed by atoms with E-state index in [0.29, 0.717) is 6.42 Å². The van der Waals surface area contributed by atoms with E-state index in [4.69, 9.17) is 14.6 Å². The van der Waals surface area contributed by atoms with E-state index in [-0.39, 0.29) is 6.10 Å². The van der Waals surface area contributed by atoms with Gasteiger partial charge < -0.3 is 14.6 Å². The molecule has 4 nitrogen and oxygen atoms in total. The Morgan fingerprint density at radius 2 is 2.27 bits per heavy atom. The van der Waals surface area contributed by atoms with E-state index in [1.54, 1.807) is 0 Å². The number of hydrogen-bond acceptors (Lipinski definition) is 3. The van der Waals surface area contributed by atoms with E-state index in [2.05, 4.69) is 0 Å². The third kappa shape index (κ3) is 1.02. The quantitative estimate of drug-likeness (QED) is 0.643. The molecule has 1 N–H and O–H groups in total. The maximum atomic E-state index is 10.7. The van der Waals surface area contributed by atoms with Crippen molar-refractivity contribution < 1.29 is 19.4 Å². The van der Waals surface area contributed by atoms with Gasteiger partial charge in [0.05, 0.1) is 6.10 Å². The van der Waals surface area contributed by atoms with Crippen LogP contribution in [0.25, 0.3) is 0 Å². The highest BCUT2D eigenvalue weighted by Gasteiger charge is 2.54. The van der Waals surface area contributed by atoms with Gasteiger partial charge in [0.25, 0.3) is 0 Å². The van der Waals surface area contributed by atoms with Crippen LogP contribution in [0.1, 0.15) is 12.8 Å². The molecule has 1 fully saturated rings. The Morgan fingerprint density at radius 1 is 1.64 bits per heavy atom. The lowest BCUT2D eigenvalue weighted by molar-refractivity contribution is -0.206. The Hall–Kier alpha value is -0.610. The molecule has 0 spiro atoms. The van der Waals surface area contributed by atoms with E-state index in [1.165, 1.54) is 14.2 Å². The highest BCUT2D eigenvalue weighted by Crippen LogP contribution is 2.37. The van der Waals surface area contributed by atoms with Crippen molar-refractivity contribution in [2.75, 3.05) is 14.2 Å². The minimum atomic E-state index is -1.07. The molecule has 4 heteroatoms. The van der Waals surface area contributed by atoms with Crippen LogP contribution in [0.15, 0.2) is 0 Å². The van der Waals surface area contributed by atoms with Crippen molar-refractivity contribution in [2.45, 2.75) is 24.5 Å². The zero-order valence-corrected chi connectivity index (χ0v) is 6.66. The lowest BCUT2D eigenvalue weighted by Crippen LogP contribution is -2.59. The van der Waals surface area contributed by atoms with Crippen LogP contribution >= 0.6 is 0 Å². The normalized spacial score (nSPS) is 36.4. The average Bonchev–Trinajstić information content (AvgIpc) is 1.87. The molecular weight excluding hydrogens is 148 g/mol.